The Morgan fingerprint density at radius 1 is 1.61 bits per heavy atom. The third kappa shape index (κ3) is 3.56. The van der Waals surface area contributed by atoms with E-state index in [1.807, 2.05) is 23.6 Å². The number of aromatic amines is 1. The van der Waals surface area contributed by atoms with Crippen LogP contribution in [0, 0.1) is 17.6 Å². The molecule has 3 rings (SSSR count). The highest BCUT2D eigenvalue weighted by Gasteiger charge is 2.25. The van der Waals surface area contributed by atoms with Gasteiger partial charge in [-0.2, -0.15) is 5.10 Å². The Morgan fingerprint density at radius 2 is 2.43 bits per heavy atom. The van der Waals surface area contributed by atoms with Crippen molar-refractivity contribution in [3.63, 3.8) is 0 Å². The van der Waals surface area contributed by atoms with E-state index in [-0.39, 0.29) is 11.8 Å². The van der Waals surface area contributed by atoms with Crippen LogP contribution in [-0.2, 0) is 17.8 Å². The summed E-state index contributed by atoms with van der Waals surface area (Å²) in [5, 5.41) is 10.3. The van der Waals surface area contributed by atoms with Crippen LogP contribution < -0.4 is 10.1 Å². The molecule has 1 aromatic carbocycles. The summed E-state index contributed by atoms with van der Waals surface area (Å²) in [5.74, 6) is 1.37. The molecular weight excluding hydrogens is 336 g/mol. The van der Waals surface area contributed by atoms with Gasteiger partial charge in [-0.05, 0) is 49.3 Å². The largest absolute Gasteiger partial charge is 0.492 e. The van der Waals surface area contributed by atoms with Crippen LogP contribution >= 0.6 is 23.8 Å². The third-order valence-electron chi connectivity index (χ3n) is 3.88. The molecule has 8 heteroatoms. The minimum Gasteiger partial charge on any atom is -0.492 e. The number of carbonyl (C=O) groups is 1. The van der Waals surface area contributed by atoms with E-state index >= 15 is 0 Å². The van der Waals surface area contributed by atoms with E-state index < -0.39 is 0 Å². The molecule has 23 heavy (non-hydrogen) atoms. The van der Waals surface area contributed by atoms with E-state index in [0.717, 1.165) is 17.1 Å². The molecule has 0 aliphatic carbocycles. The Morgan fingerprint density at radius 3 is 3.17 bits per heavy atom. The van der Waals surface area contributed by atoms with Crippen molar-refractivity contribution in [1.82, 2.24) is 20.1 Å². The van der Waals surface area contributed by atoms with Gasteiger partial charge in [0.1, 0.15) is 18.2 Å². The van der Waals surface area contributed by atoms with Crippen LogP contribution in [0.15, 0.2) is 18.2 Å². The van der Waals surface area contributed by atoms with E-state index in [0.29, 0.717) is 35.9 Å². The Hall–Kier alpha value is -1.86. The molecule has 1 amide bonds. The topological polar surface area (TPSA) is 71.9 Å². The maximum atomic E-state index is 12.3. The summed E-state index contributed by atoms with van der Waals surface area (Å²) in [6.45, 7) is 3.32. The van der Waals surface area contributed by atoms with Gasteiger partial charge in [0.05, 0.1) is 5.92 Å². The summed E-state index contributed by atoms with van der Waals surface area (Å²) in [6.07, 6.45) is 0.631. The monoisotopic (exact) mass is 352 g/mol. The van der Waals surface area contributed by atoms with Crippen molar-refractivity contribution < 1.29 is 9.53 Å². The molecule has 6 nitrogen and oxygen atoms in total. The summed E-state index contributed by atoms with van der Waals surface area (Å²) in [5.41, 5.74) is 0.969. The summed E-state index contributed by atoms with van der Waals surface area (Å²) in [4.78, 5) is 12.3. The van der Waals surface area contributed by atoms with Crippen LogP contribution in [0.5, 0.6) is 5.75 Å². The van der Waals surface area contributed by atoms with Crippen molar-refractivity contribution in [3.8, 4) is 5.75 Å². The smallest absolute Gasteiger partial charge is 0.226 e. The average molecular weight is 353 g/mol. The number of hydrogen-bond acceptors (Lipinski definition) is 4. The summed E-state index contributed by atoms with van der Waals surface area (Å²) in [6, 6.07) is 5.48. The van der Waals surface area contributed by atoms with Crippen LogP contribution in [-0.4, -0.2) is 33.8 Å². The molecule has 2 aromatic rings. The standard InChI is InChI=1S/C15H17ClN4O2S/c1-9-18-19-15(23)20(9)5-4-17-14(21)11-6-10-7-12(16)2-3-13(10)22-8-11/h2-3,7,11H,4-6,8H2,1H3,(H,17,21)(H,19,23)/t11-/m0/s1. The zero-order chi connectivity index (χ0) is 16.4. The quantitative estimate of drug-likeness (QED) is 0.828. The van der Waals surface area contributed by atoms with Gasteiger partial charge in [0.25, 0.3) is 0 Å². The third-order valence-corrected chi connectivity index (χ3v) is 4.43. The summed E-state index contributed by atoms with van der Waals surface area (Å²) < 4.78 is 8.05. The molecule has 122 valence electrons. The predicted molar refractivity (Wildman–Crippen MR) is 89.3 cm³/mol. The van der Waals surface area contributed by atoms with E-state index in [4.69, 9.17) is 28.6 Å². The van der Waals surface area contributed by atoms with Gasteiger partial charge in [-0.1, -0.05) is 11.6 Å². The van der Waals surface area contributed by atoms with Gasteiger partial charge in [0.15, 0.2) is 4.77 Å². The Kier molecular flexibility index (Phi) is 4.68. The lowest BCUT2D eigenvalue weighted by Crippen LogP contribution is -2.38. The lowest BCUT2D eigenvalue weighted by molar-refractivity contribution is -0.126. The molecule has 0 radical (unpaired) electrons. The number of H-pyrrole nitrogens is 1. The number of hydrogen-bond donors (Lipinski definition) is 2. The normalized spacial score (nSPS) is 16.5. The molecule has 2 heterocycles. The van der Waals surface area contributed by atoms with E-state index in [9.17, 15) is 4.79 Å². The molecule has 0 fully saturated rings. The van der Waals surface area contributed by atoms with Gasteiger partial charge in [0.2, 0.25) is 5.91 Å². The zero-order valence-electron chi connectivity index (χ0n) is 12.6. The SMILES string of the molecule is Cc1n[nH]c(=S)n1CCNC(=O)[C@@H]1COc2ccc(Cl)cc2C1. The van der Waals surface area contributed by atoms with Crippen LogP contribution in [0.1, 0.15) is 11.4 Å². The molecule has 0 saturated carbocycles. The van der Waals surface area contributed by atoms with E-state index in [1.165, 1.54) is 0 Å². The van der Waals surface area contributed by atoms with Gasteiger partial charge in [-0.25, -0.2) is 0 Å². The number of aromatic nitrogens is 3. The first kappa shape index (κ1) is 16.0. The van der Waals surface area contributed by atoms with Crippen LogP contribution in [0.25, 0.3) is 0 Å². The van der Waals surface area contributed by atoms with Crippen molar-refractivity contribution in [2.24, 2.45) is 5.92 Å². The lowest BCUT2D eigenvalue weighted by Gasteiger charge is -2.24. The van der Waals surface area contributed by atoms with Crippen molar-refractivity contribution >= 4 is 29.7 Å². The van der Waals surface area contributed by atoms with Gasteiger partial charge in [-0.3, -0.25) is 9.89 Å². The fraction of sp³-hybridized carbons (Fsp3) is 0.400. The molecule has 0 unspecified atom stereocenters. The highest BCUT2D eigenvalue weighted by molar-refractivity contribution is 7.71. The van der Waals surface area contributed by atoms with Gasteiger partial charge < -0.3 is 14.6 Å². The number of nitrogens with zero attached hydrogens (tertiary/aromatic N) is 2. The number of amides is 1. The van der Waals surface area contributed by atoms with Gasteiger partial charge in [0, 0.05) is 18.1 Å². The second-order valence-electron chi connectivity index (χ2n) is 5.48. The maximum absolute atomic E-state index is 12.3. The fourth-order valence-corrected chi connectivity index (χ4v) is 3.09. The molecular formula is C15H17ClN4O2S. The first-order valence-corrected chi connectivity index (χ1v) is 8.14. The minimum atomic E-state index is -0.209. The molecule has 1 aliphatic rings. The fourth-order valence-electron chi connectivity index (χ4n) is 2.63. The Labute approximate surface area is 143 Å². The highest BCUT2D eigenvalue weighted by Crippen LogP contribution is 2.29. The number of halogens is 1. The molecule has 0 saturated heterocycles. The molecule has 2 N–H and O–H groups in total. The second kappa shape index (κ2) is 6.72. The van der Waals surface area contributed by atoms with Crippen molar-refractivity contribution in [2.45, 2.75) is 19.9 Å². The highest BCUT2D eigenvalue weighted by atomic mass is 35.5. The van der Waals surface area contributed by atoms with Gasteiger partial charge in [-0.15, -0.1) is 0 Å². The first-order valence-electron chi connectivity index (χ1n) is 7.35. The summed E-state index contributed by atoms with van der Waals surface area (Å²) in [7, 11) is 0. The van der Waals surface area contributed by atoms with Crippen LogP contribution in [0.3, 0.4) is 0 Å². The first-order chi connectivity index (χ1) is 11.0. The second-order valence-corrected chi connectivity index (χ2v) is 6.31. The number of rotatable bonds is 4. The maximum Gasteiger partial charge on any atom is 0.226 e. The number of ether oxygens (including phenoxy) is 1. The molecule has 1 aromatic heterocycles. The van der Waals surface area contributed by atoms with Crippen molar-refractivity contribution in [1.29, 1.82) is 0 Å². The molecule has 1 aliphatic heterocycles. The number of carbonyl (C=O) groups excluding carboxylic acids is 1. The van der Waals surface area contributed by atoms with Crippen molar-refractivity contribution in [3.05, 3.63) is 39.4 Å². The van der Waals surface area contributed by atoms with Crippen molar-refractivity contribution in [2.75, 3.05) is 13.2 Å². The molecule has 0 spiro atoms. The average Bonchev–Trinajstić information content (AvgIpc) is 2.85. The Bertz CT molecular complexity index is 786. The number of nitrogens with one attached hydrogen (secondary N) is 2. The van der Waals surface area contributed by atoms with Gasteiger partial charge >= 0.3 is 0 Å². The number of fused-ring (bicyclic) bond motifs is 1. The lowest BCUT2D eigenvalue weighted by atomic mass is 9.96. The van der Waals surface area contributed by atoms with E-state index in [1.54, 1.807) is 6.07 Å². The zero-order valence-corrected chi connectivity index (χ0v) is 14.2. The minimum absolute atomic E-state index is 0.0247. The predicted octanol–water partition coefficient (Wildman–Crippen LogP) is 2.27. The van der Waals surface area contributed by atoms with Crippen LogP contribution in [0.2, 0.25) is 5.02 Å². The molecule has 0 bridgehead atoms. The van der Waals surface area contributed by atoms with Crippen LogP contribution in [0.4, 0.5) is 0 Å². The number of aryl methyl sites for hydroxylation is 1. The molecule has 1 atom stereocenters. The number of benzene rings is 1. The summed E-state index contributed by atoms with van der Waals surface area (Å²) >= 11 is 11.1. The Balaban J connectivity index is 1.56. The van der Waals surface area contributed by atoms with E-state index in [2.05, 4.69) is 15.5 Å².